The standard InChI is InChI=1S/C22H29N5O2/c1-16-4-3-5-19(14-16)25-10-12-27(13-11-25)22-23-17(2)15-20(24-22)26-8-6-18(7-9-26)21(28)29/h3-5,14-15,18H,6-13H2,1-2H3,(H,28,29). The first-order chi connectivity index (χ1) is 14.0. The molecule has 0 aliphatic carbocycles. The largest absolute Gasteiger partial charge is 0.481 e. The predicted octanol–water partition coefficient (Wildman–Crippen LogP) is 2.72. The van der Waals surface area contributed by atoms with E-state index >= 15 is 0 Å². The fourth-order valence-electron chi connectivity index (χ4n) is 4.18. The summed E-state index contributed by atoms with van der Waals surface area (Å²) in [5.74, 6) is 0.778. The Hall–Kier alpha value is -2.83. The summed E-state index contributed by atoms with van der Waals surface area (Å²) < 4.78 is 0. The Bertz CT molecular complexity index is 871. The number of rotatable bonds is 4. The first-order valence-corrected chi connectivity index (χ1v) is 10.4. The van der Waals surface area contributed by atoms with E-state index in [-0.39, 0.29) is 5.92 Å². The number of carboxylic acid groups (broad SMARTS) is 1. The van der Waals surface area contributed by atoms with Crippen LogP contribution in [-0.2, 0) is 4.79 Å². The SMILES string of the molecule is Cc1cccc(N2CCN(c3nc(C)cc(N4CCC(C(=O)O)CC4)n3)CC2)c1. The molecule has 29 heavy (non-hydrogen) atoms. The van der Waals surface area contributed by atoms with Gasteiger partial charge in [0.2, 0.25) is 5.95 Å². The Kier molecular flexibility index (Phi) is 5.56. The number of carboxylic acids is 1. The van der Waals surface area contributed by atoms with Crippen molar-refractivity contribution < 1.29 is 9.90 Å². The summed E-state index contributed by atoms with van der Waals surface area (Å²) in [6.07, 6.45) is 1.34. The normalized spacial score (nSPS) is 18.2. The van der Waals surface area contributed by atoms with E-state index in [0.29, 0.717) is 12.8 Å². The van der Waals surface area contributed by atoms with E-state index in [0.717, 1.165) is 56.7 Å². The molecule has 0 bridgehead atoms. The lowest BCUT2D eigenvalue weighted by atomic mass is 9.97. The van der Waals surface area contributed by atoms with Crippen LogP contribution >= 0.6 is 0 Å². The molecule has 0 radical (unpaired) electrons. The molecule has 0 saturated carbocycles. The minimum absolute atomic E-state index is 0.233. The second-order valence-electron chi connectivity index (χ2n) is 8.08. The van der Waals surface area contributed by atoms with E-state index in [9.17, 15) is 9.90 Å². The number of aliphatic carboxylic acids is 1. The van der Waals surface area contributed by atoms with Crippen molar-refractivity contribution in [2.75, 3.05) is 54.0 Å². The molecule has 0 atom stereocenters. The van der Waals surface area contributed by atoms with Crippen LogP contribution in [0.25, 0.3) is 0 Å². The van der Waals surface area contributed by atoms with E-state index in [1.54, 1.807) is 0 Å². The molecular weight excluding hydrogens is 366 g/mol. The predicted molar refractivity (Wildman–Crippen MR) is 115 cm³/mol. The van der Waals surface area contributed by atoms with E-state index in [1.807, 2.05) is 13.0 Å². The number of benzene rings is 1. The van der Waals surface area contributed by atoms with Gasteiger partial charge in [0.25, 0.3) is 0 Å². The van der Waals surface area contributed by atoms with Gasteiger partial charge in [-0.3, -0.25) is 4.79 Å². The van der Waals surface area contributed by atoms with Crippen LogP contribution in [-0.4, -0.2) is 60.3 Å². The lowest BCUT2D eigenvalue weighted by Crippen LogP contribution is -2.47. The van der Waals surface area contributed by atoms with Crippen LogP contribution in [0.3, 0.4) is 0 Å². The molecule has 2 saturated heterocycles. The summed E-state index contributed by atoms with van der Waals surface area (Å²) in [7, 11) is 0. The van der Waals surface area contributed by atoms with Crippen LogP contribution in [0, 0.1) is 19.8 Å². The van der Waals surface area contributed by atoms with Gasteiger partial charge >= 0.3 is 5.97 Å². The molecule has 2 fully saturated rings. The Balaban J connectivity index is 1.43. The van der Waals surface area contributed by atoms with Crippen molar-refractivity contribution in [2.45, 2.75) is 26.7 Å². The number of hydrogen-bond donors (Lipinski definition) is 1. The third kappa shape index (κ3) is 4.44. The summed E-state index contributed by atoms with van der Waals surface area (Å²) in [5.41, 5.74) is 3.51. The molecule has 0 amide bonds. The van der Waals surface area contributed by atoms with Gasteiger partial charge in [0, 0.05) is 56.7 Å². The van der Waals surface area contributed by atoms with Gasteiger partial charge < -0.3 is 19.8 Å². The topological polar surface area (TPSA) is 72.8 Å². The van der Waals surface area contributed by atoms with Crippen molar-refractivity contribution in [1.82, 2.24) is 9.97 Å². The number of carbonyl (C=O) groups is 1. The molecule has 2 aromatic rings. The molecule has 1 aromatic carbocycles. The first-order valence-electron chi connectivity index (χ1n) is 10.4. The third-order valence-electron chi connectivity index (χ3n) is 5.93. The van der Waals surface area contributed by atoms with Crippen molar-refractivity contribution in [3.8, 4) is 0 Å². The Morgan fingerprint density at radius 2 is 1.62 bits per heavy atom. The summed E-state index contributed by atoms with van der Waals surface area (Å²) in [6.45, 7) is 9.25. The van der Waals surface area contributed by atoms with Crippen molar-refractivity contribution in [2.24, 2.45) is 5.92 Å². The second kappa shape index (κ2) is 8.27. The van der Waals surface area contributed by atoms with E-state index in [4.69, 9.17) is 4.98 Å². The fraction of sp³-hybridized carbons (Fsp3) is 0.500. The minimum atomic E-state index is -0.685. The second-order valence-corrected chi connectivity index (χ2v) is 8.08. The smallest absolute Gasteiger partial charge is 0.306 e. The van der Waals surface area contributed by atoms with Gasteiger partial charge in [-0.05, 0) is 44.4 Å². The molecule has 0 unspecified atom stereocenters. The highest BCUT2D eigenvalue weighted by atomic mass is 16.4. The monoisotopic (exact) mass is 395 g/mol. The maximum Gasteiger partial charge on any atom is 0.306 e. The fourth-order valence-corrected chi connectivity index (χ4v) is 4.18. The number of piperidine rings is 1. The van der Waals surface area contributed by atoms with Crippen LogP contribution in [0.15, 0.2) is 30.3 Å². The van der Waals surface area contributed by atoms with Crippen LogP contribution in [0.5, 0.6) is 0 Å². The molecule has 3 heterocycles. The van der Waals surface area contributed by atoms with Gasteiger partial charge in [0.05, 0.1) is 5.92 Å². The Morgan fingerprint density at radius 3 is 2.28 bits per heavy atom. The van der Waals surface area contributed by atoms with Crippen molar-refractivity contribution in [3.63, 3.8) is 0 Å². The van der Waals surface area contributed by atoms with Crippen molar-refractivity contribution in [1.29, 1.82) is 0 Å². The van der Waals surface area contributed by atoms with Gasteiger partial charge in [0.1, 0.15) is 5.82 Å². The number of aryl methyl sites for hydroxylation is 2. The lowest BCUT2D eigenvalue weighted by Gasteiger charge is -2.37. The number of hydrogen-bond acceptors (Lipinski definition) is 6. The van der Waals surface area contributed by atoms with E-state index < -0.39 is 5.97 Å². The number of anilines is 3. The molecule has 7 nitrogen and oxygen atoms in total. The summed E-state index contributed by atoms with van der Waals surface area (Å²) in [4.78, 5) is 27.6. The zero-order valence-corrected chi connectivity index (χ0v) is 17.2. The highest BCUT2D eigenvalue weighted by molar-refractivity contribution is 5.70. The minimum Gasteiger partial charge on any atom is -0.481 e. The zero-order chi connectivity index (χ0) is 20.4. The van der Waals surface area contributed by atoms with Gasteiger partial charge in [-0.2, -0.15) is 4.98 Å². The van der Waals surface area contributed by atoms with Gasteiger partial charge in [-0.25, -0.2) is 4.98 Å². The molecule has 154 valence electrons. The van der Waals surface area contributed by atoms with Crippen molar-refractivity contribution >= 4 is 23.4 Å². The van der Waals surface area contributed by atoms with Crippen LogP contribution < -0.4 is 14.7 Å². The first kappa shape index (κ1) is 19.5. The maximum atomic E-state index is 11.2. The number of aromatic nitrogens is 2. The molecule has 1 N–H and O–H groups in total. The van der Waals surface area contributed by atoms with E-state index in [1.165, 1.54) is 11.3 Å². The highest BCUT2D eigenvalue weighted by Crippen LogP contribution is 2.25. The summed E-state index contributed by atoms with van der Waals surface area (Å²) in [6, 6.07) is 10.7. The van der Waals surface area contributed by atoms with E-state index in [2.05, 4.69) is 50.9 Å². The quantitative estimate of drug-likeness (QED) is 0.853. The van der Waals surface area contributed by atoms with Crippen LogP contribution in [0.4, 0.5) is 17.5 Å². The average molecular weight is 396 g/mol. The van der Waals surface area contributed by atoms with Gasteiger partial charge in [0.15, 0.2) is 0 Å². The molecule has 4 rings (SSSR count). The lowest BCUT2D eigenvalue weighted by molar-refractivity contribution is -0.142. The maximum absolute atomic E-state index is 11.2. The summed E-state index contributed by atoms with van der Waals surface area (Å²) >= 11 is 0. The van der Waals surface area contributed by atoms with Crippen LogP contribution in [0.2, 0.25) is 0 Å². The molecule has 2 aliphatic heterocycles. The van der Waals surface area contributed by atoms with Gasteiger partial charge in [-0.15, -0.1) is 0 Å². The van der Waals surface area contributed by atoms with Gasteiger partial charge in [-0.1, -0.05) is 12.1 Å². The molecule has 7 heteroatoms. The van der Waals surface area contributed by atoms with Crippen LogP contribution in [0.1, 0.15) is 24.1 Å². The molecule has 1 aromatic heterocycles. The summed E-state index contributed by atoms with van der Waals surface area (Å²) in [5, 5.41) is 9.22. The number of piperazine rings is 1. The average Bonchev–Trinajstić information content (AvgIpc) is 2.73. The van der Waals surface area contributed by atoms with Crippen molar-refractivity contribution in [3.05, 3.63) is 41.6 Å². The molecule has 0 spiro atoms. The Morgan fingerprint density at radius 1 is 0.931 bits per heavy atom. The Labute approximate surface area is 172 Å². The molecular formula is C22H29N5O2. The highest BCUT2D eigenvalue weighted by Gasteiger charge is 2.26. The molecule has 2 aliphatic rings. The zero-order valence-electron chi connectivity index (χ0n) is 17.2. The third-order valence-corrected chi connectivity index (χ3v) is 5.93. The number of nitrogens with zero attached hydrogens (tertiary/aromatic N) is 5.